The second-order valence-corrected chi connectivity index (χ2v) is 4.84. The van der Waals surface area contributed by atoms with Crippen molar-refractivity contribution in [1.29, 1.82) is 0 Å². The number of rotatable bonds is 1. The zero-order chi connectivity index (χ0) is 12.7. The highest BCUT2D eigenvalue weighted by atomic mass is 16.3. The quantitative estimate of drug-likeness (QED) is 0.819. The Morgan fingerprint density at radius 2 is 1.94 bits per heavy atom. The number of benzene rings is 1. The Labute approximate surface area is 100 Å². The van der Waals surface area contributed by atoms with Crippen molar-refractivity contribution in [3.05, 3.63) is 39.7 Å². The molecule has 3 heteroatoms. The van der Waals surface area contributed by atoms with E-state index in [1.54, 1.807) is 6.07 Å². The third-order valence-electron chi connectivity index (χ3n) is 3.16. The van der Waals surface area contributed by atoms with E-state index >= 15 is 0 Å². The number of nitrogens with zero attached hydrogens (tertiary/aromatic N) is 1. The maximum absolute atomic E-state index is 12.3. The Kier molecular flexibility index (Phi) is 2.69. The summed E-state index contributed by atoms with van der Waals surface area (Å²) in [7, 11) is 1.92. The van der Waals surface area contributed by atoms with Gasteiger partial charge in [0.15, 0.2) is 5.43 Å². The Balaban J connectivity index is 2.94. The van der Waals surface area contributed by atoms with Crippen LogP contribution in [0.25, 0.3) is 10.9 Å². The lowest BCUT2D eigenvalue weighted by molar-refractivity contribution is 0.472. The van der Waals surface area contributed by atoms with E-state index in [0.717, 1.165) is 16.6 Å². The zero-order valence-electron chi connectivity index (χ0n) is 10.6. The molecule has 0 fully saturated rings. The molecule has 1 heterocycles. The highest BCUT2D eigenvalue weighted by Gasteiger charge is 2.11. The lowest BCUT2D eigenvalue weighted by atomic mass is 10.0. The number of aryl methyl sites for hydroxylation is 2. The second kappa shape index (κ2) is 3.91. The van der Waals surface area contributed by atoms with Crippen LogP contribution in [0, 0.1) is 6.92 Å². The number of aromatic nitrogens is 1. The van der Waals surface area contributed by atoms with Crippen molar-refractivity contribution in [2.45, 2.75) is 26.7 Å². The van der Waals surface area contributed by atoms with Gasteiger partial charge in [0.25, 0.3) is 0 Å². The van der Waals surface area contributed by atoms with Crippen LogP contribution >= 0.6 is 0 Å². The van der Waals surface area contributed by atoms with E-state index in [4.69, 9.17) is 0 Å². The molecule has 2 rings (SSSR count). The Morgan fingerprint density at radius 3 is 2.53 bits per heavy atom. The number of pyridine rings is 1. The van der Waals surface area contributed by atoms with Crippen molar-refractivity contribution in [1.82, 2.24) is 4.57 Å². The first-order chi connectivity index (χ1) is 7.91. The highest BCUT2D eigenvalue weighted by Crippen LogP contribution is 2.23. The van der Waals surface area contributed by atoms with Crippen molar-refractivity contribution in [2.24, 2.45) is 7.05 Å². The first kappa shape index (κ1) is 11.7. The molecule has 0 radical (unpaired) electrons. The van der Waals surface area contributed by atoms with Crippen LogP contribution in [0.2, 0.25) is 0 Å². The van der Waals surface area contributed by atoms with Crippen LogP contribution in [-0.4, -0.2) is 9.67 Å². The average molecular weight is 231 g/mol. The molecular weight excluding hydrogens is 214 g/mol. The van der Waals surface area contributed by atoms with Gasteiger partial charge in [-0.15, -0.1) is 0 Å². The van der Waals surface area contributed by atoms with E-state index in [2.05, 4.69) is 0 Å². The Morgan fingerprint density at radius 1 is 1.29 bits per heavy atom. The smallest absolute Gasteiger partial charge is 0.192 e. The van der Waals surface area contributed by atoms with Crippen molar-refractivity contribution in [2.75, 3.05) is 0 Å². The highest BCUT2D eigenvalue weighted by molar-refractivity contribution is 5.82. The monoisotopic (exact) mass is 231 g/mol. The molecule has 3 nitrogen and oxygen atoms in total. The Bertz CT molecular complexity index is 639. The van der Waals surface area contributed by atoms with Gasteiger partial charge in [0, 0.05) is 24.2 Å². The molecule has 0 saturated heterocycles. The normalized spacial score (nSPS) is 11.4. The van der Waals surface area contributed by atoms with Gasteiger partial charge in [0.05, 0.1) is 5.52 Å². The summed E-state index contributed by atoms with van der Waals surface area (Å²) in [5, 5.41) is 10.3. The molecule has 90 valence electrons. The molecule has 0 aliphatic carbocycles. The summed E-state index contributed by atoms with van der Waals surface area (Å²) in [6.07, 6.45) is 1.88. The molecule has 1 aromatic heterocycles. The zero-order valence-corrected chi connectivity index (χ0v) is 10.6. The maximum atomic E-state index is 12.3. The van der Waals surface area contributed by atoms with Crippen LogP contribution < -0.4 is 5.43 Å². The van der Waals surface area contributed by atoms with E-state index in [1.165, 1.54) is 0 Å². The van der Waals surface area contributed by atoms with E-state index in [0.29, 0.717) is 5.39 Å². The van der Waals surface area contributed by atoms with E-state index < -0.39 is 0 Å². The van der Waals surface area contributed by atoms with E-state index in [9.17, 15) is 9.90 Å². The molecule has 1 N–H and O–H groups in total. The lowest BCUT2D eigenvalue weighted by Crippen LogP contribution is -2.14. The first-order valence-electron chi connectivity index (χ1n) is 5.74. The number of phenolic OH excluding ortho intramolecular Hbond substituents is 1. The van der Waals surface area contributed by atoms with Gasteiger partial charge in [-0.2, -0.15) is 0 Å². The van der Waals surface area contributed by atoms with Gasteiger partial charge < -0.3 is 9.67 Å². The van der Waals surface area contributed by atoms with Crippen LogP contribution in [0.4, 0.5) is 0 Å². The molecule has 0 saturated carbocycles. The van der Waals surface area contributed by atoms with Gasteiger partial charge in [0.1, 0.15) is 5.75 Å². The summed E-state index contributed by atoms with van der Waals surface area (Å²) < 4.78 is 1.94. The van der Waals surface area contributed by atoms with Gasteiger partial charge in [-0.1, -0.05) is 13.8 Å². The number of hydrogen-bond donors (Lipinski definition) is 1. The van der Waals surface area contributed by atoms with Gasteiger partial charge in [-0.05, 0) is 30.5 Å². The molecule has 17 heavy (non-hydrogen) atoms. The fourth-order valence-corrected chi connectivity index (χ4v) is 2.06. The van der Waals surface area contributed by atoms with Crippen LogP contribution in [0.5, 0.6) is 5.75 Å². The molecule has 0 unspecified atom stereocenters. The third kappa shape index (κ3) is 1.82. The number of fused-ring (bicyclic) bond motifs is 1. The van der Waals surface area contributed by atoms with E-state index in [-0.39, 0.29) is 17.1 Å². The maximum Gasteiger partial charge on any atom is 0.192 e. The Hall–Kier alpha value is -1.77. The fourth-order valence-electron chi connectivity index (χ4n) is 2.06. The van der Waals surface area contributed by atoms with Crippen LogP contribution in [-0.2, 0) is 7.05 Å². The third-order valence-corrected chi connectivity index (χ3v) is 3.16. The molecular formula is C14H17NO2. The molecule has 0 amide bonds. The van der Waals surface area contributed by atoms with Gasteiger partial charge in [0.2, 0.25) is 0 Å². The minimum atomic E-state index is 0.0170. The summed E-state index contributed by atoms with van der Waals surface area (Å²) in [5.74, 6) is 0.358. The van der Waals surface area contributed by atoms with Crippen molar-refractivity contribution in [3.8, 4) is 5.75 Å². The summed E-state index contributed by atoms with van der Waals surface area (Å²) in [4.78, 5) is 12.3. The van der Waals surface area contributed by atoms with Crippen LogP contribution in [0.15, 0.2) is 23.1 Å². The van der Waals surface area contributed by atoms with E-state index in [1.807, 2.05) is 44.6 Å². The average Bonchev–Trinajstić information content (AvgIpc) is 2.25. The van der Waals surface area contributed by atoms with Crippen molar-refractivity contribution >= 4 is 10.9 Å². The summed E-state index contributed by atoms with van der Waals surface area (Å²) in [6, 6.07) is 3.41. The van der Waals surface area contributed by atoms with Crippen LogP contribution in [0.1, 0.15) is 30.9 Å². The summed E-state index contributed by atoms with van der Waals surface area (Å²) >= 11 is 0. The minimum absolute atomic E-state index is 0.0170. The number of hydrogen-bond acceptors (Lipinski definition) is 2. The second-order valence-electron chi connectivity index (χ2n) is 4.84. The molecule has 0 bridgehead atoms. The number of phenols is 1. The molecule has 1 aromatic carbocycles. The first-order valence-corrected chi connectivity index (χ1v) is 5.74. The lowest BCUT2D eigenvalue weighted by Gasteiger charge is -2.12. The fraction of sp³-hybridized carbons (Fsp3) is 0.357. The SMILES string of the molecule is Cc1cc2c(cc1O)c(=O)c(C(C)C)cn2C. The molecule has 0 aliphatic rings. The largest absolute Gasteiger partial charge is 0.508 e. The summed E-state index contributed by atoms with van der Waals surface area (Å²) in [6.45, 7) is 5.82. The van der Waals surface area contributed by atoms with Crippen LogP contribution in [0.3, 0.4) is 0 Å². The van der Waals surface area contributed by atoms with Crippen molar-refractivity contribution < 1.29 is 5.11 Å². The van der Waals surface area contributed by atoms with Gasteiger partial charge in [-0.25, -0.2) is 0 Å². The topological polar surface area (TPSA) is 42.2 Å². The predicted molar refractivity (Wildman–Crippen MR) is 69.7 cm³/mol. The number of aromatic hydroxyl groups is 1. The molecule has 0 aliphatic heterocycles. The molecule has 0 spiro atoms. The predicted octanol–water partition coefficient (Wildman–Crippen LogP) is 2.68. The van der Waals surface area contributed by atoms with Gasteiger partial charge in [-0.3, -0.25) is 4.79 Å². The minimum Gasteiger partial charge on any atom is -0.508 e. The van der Waals surface area contributed by atoms with Gasteiger partial charge >= 0.3 is 0 Å². The molecule has 0 atom stereocenters. The molecule has 2 aromatic rings. The summed E-state index contributed by atoms with van der Waals surface area (Å²) in [5.41, 5.74) is 2.44. The standard InChI is InChI=1S/C14H17NO2/c1-8(2)11-7-15(4)12-5-9(3)13(16)6-10(12)14(11)17/h5-8,16H,1-4H3. The van der Waals surface area contributed by atoms with Crippen molar-refractivity contribution in [3.63, 3.8) is 0 Å².